The molecule has 5 nitrogen and oxygen atoms in total. The van der Waals surface area contributed by atoms with Crippen molar-refractivity contribution in [3.05, 3.63) is 34.3 Å². The topological polar surface area (TPSA) is 61.4 Å². The van der Waals surface area contributed by atoms with Crippen LogP contribution in [-0.2, 0) is 4.79 Å². The molecule has 0 aromatic heterocycles. The molecule has 0 radical (unpaired) electrons. The van der Waals surface area contributed by atoms with E-state index in [2.05, 4.69) is 26.6 Å². The maximum Gasteiger partial charge on any atom is 0.254 e. The molecular formula is C17H22BrN3O2. The van der Waals surface area contributed by atoms with Crippen molar-refractivity contribution in [1.29, 1.82) is 0 Å². The van der Waals surface area contributed by atoms with Crippen LogP contribution in [0.25, 0.3) is 0 Å². The smallest absolute Gasteiger partial charge is 0.254 e. The lowest BCUT2D eigenvalue weighted by atomic mass is 10.1. The van der Waals surface area contributed by atoms with Crippen molar-refractivity contribution in [2.24, 2.45) is 0 Å². The average molecular weight is 380 g/mol. The quantitative estimate of drug-likeness (QED) is 0.843. The van der Waals surface area contributed by atoms with Crippen LogP contribution in [0.1, 0.15) is 36.0 Å². The number of hydrogen-bond donors (Lipinski definition) is 2. The lowest BCUT2D eigenvalue weighted by Crippen LogP contribution is -2.52. The zero-order valence-electron chi connectivity index (χ0n) is 13.1. The molecule has 2 amide bonds. The van der Waals surface area contributed by atoms with Crippen molar-refractivity contribution in [1.82, 2.24) is 15.5 Å². The molecule has 2 N–H and O–H groups in total. The third kappa shape index (κ3) is 3.93. The Hall–Kier alpha value is -1.40. The number of benzene rings is 1. The lowest BCUT2D eigenvalue weighted by Gasteiger charge is -2.28. The maximum absolute atomic E-state index is 12.7. The van der Waals surface area contributed by atoms with Crippen molar-refractivity contribution in [3.63, 3.8) is 0 Å². The summed E-state index contributed by atoms with van der Waals surface area (Å²) in [6, 6.07) is 7.14. The summed E-state index contributed by atoms with van der Waals surface area (Å²) < 4.78 is 0.939. The van der Waals surface area contributed by atoms with Crippen LogP contribution >= 0.6 is 15.9 Å². The first-order chi connectivity index (χ1) is 11.1. The molecule has 0 saturated carbocycles. The van der Waals surface area contributed by atoms with E-state index in [1.807, 2.05) is 12.1 Å². The number of piperidine rings is 1. The molecule has 1 unspecified atom stereocenters. The fraction of sp³-hybridized carbons (Fsp3) is 0.529. The van der Waals surface area contributed by atoms with Crippen molar-refractivity contribution in [3.8, 4) is 0 Å². The average Bonchev–Trinajstić information content (AvgIpc) is 3.05. The zero-order chi connectivity index (χ0) is 16.2. The van der Waals surface area contributed by atoms with Crippen LogP contribution in [0.2, 0.25) is 0 Å². The molecule has 3 rings (SSSR count). The Labute approximate surface area is 144 Å². The number of halogens is 1. The normalized spacial score (nSPS) is 24.5. The summed E-state index contributed by atoms with van der Waals surface area (Å²) >= 11 is 3.37. The molecule has 1 aromatic carbocycles. The van der Waals surface area contributed by atoms with Gasteiger partial charge in [0.25, 0.3) is 5.91 Å². The summed E-state index contributed by atoms with van der Waals surface area (Å²) in [5, 5.41) is 6.40. The highest BCUT2D eigenvalue weighted by molar-refractivity contribution is 9.10. The second kappa shape index (κ2) is 7.45. The molecule has 0 aliphatic carbocycles. The Morgan fingerprint density at radius 2 is 1.96 bits per heavy atom. The Morgan fingerprint density at radius 3 is 2.65 bits per heavy atom. The molecule has 0 bridgehead atoms. The molecular weight excluding hydrogens is 358 g/mol. The van der Waals surface area contributed by atoms with Crippen LogP contribution < -0.4 is 10.6 Å². The van der Waals surface area contributed by atoms with E-state index in [4.69, 9.17) is 0 Å². The van der Waals surface area contributed by atoms with E-state index in [1.165, 1.54) is 0 Å². The molecule has 23 heavy (non-hydrogen) atoms. The summed E-state index contributed by atoms with van der Waals surface area (Å²) in [6.45, 7) is 2.49. The molecule has 2 fully saturated rings. The Morgan fingerprint density at radius 1 is 1.17 bits per heavy atom. The van der Waals surface area contributed by atoms with Gasteiger partial charge in [0.1, 0.15) is 6.04 Å². The first-order valence-corrected chi connectivity index (χ1v) is 9.02. The third-order valence-corrected chi connectivity index (χ3v) is 5.08. The van der Waals surface area contributed by atoms with Gasteiger partial charge in [0.2, 0.25) is 5.91 Å². The predicted octanol–water partition coefficient (Wildman–Crippen LogP) is 1.92. The summed E-state index contributed by atoms with van der Waals surface area (Å²) in [4.78, 5) is 27.0. The van der Waals surface area contributed by atoms with E-state index in [-0.39, 0.29) is 23.9 Å². The third-order valence-electron chi connectivity index (χ3n) is 4.55. The number of likely N-dealkylation sites (tertiary alicyclic amines) is 1. The minimum atomic E-state index is -0.340. The summed E-state index contributed by atoms with van der Waals surface area (Å²) in [7, 11) is 0. The monoisotopic (exact) mass is 379 g/mol. The van der Waals surface area contributed by atoms with Crippen molar-refractivity contribution in [2.45, 2.75) is 37.8 Å². The fourth-order valence-corrected chi connectivity index (χ4v) is 3.58. The van der Waals surface area contributed by atoms with E-state index in [0.29, 0.717) is 12.1 Å². The van der Waals surface area contributed by atoms with Crippen LogP contribution in [0.4, 0.5) is 0 Å². The van der Waals surface area contributed by atoms with Crippen LogP contribution in [0.15, 0.2) is 28.7 Å². The largest absolute Gasteiger partial charge is 0.350 e. The van der Waals surface area contributed by atoms with Crippen LogP contribution in [0, 0.1) is 0 Å². The van der Waals surface area contributed by atoms with Gasteiger partial charge in [-0.2, -0.15) is 0 Å². The number of carbonyl (C=O) groups excluding carboxylic acids is 2. The second-order valence-electron chi connectivity index (χ2n) is 6.22. The first-order valence-electron chi connectivity index (χ1n) is 8.23. The Kier molecular flexibility index (Phi) is 5.33. The van der Waals surface area contributed by atoms with Crippen molar-refractivity contribution in [2.75, 3.05) is 19.6 Å². The van der Waals surface area contributed by atoms with Gasteiger partial charge in [0.15, 0.2) is 0 Å². The molecule has 0 spiro atoms. The summed E-state index contributed by atoms with van der Waals surface area (Å²) in [5.74, 6) is -0.0708. The second-order valence-corrected chi connectivity index (χ2v) is 7.13. The van der Waals surface area contributed by atoms with Gasteiger partial charge >= 0.3 is 0 Å². The molecule has 2 heterocycles. The lowest BCUT2D eigenvalue weighted by molar-refractivity contribution is -0.125. The highest BCUT2D eigenvalue weighted by Crippen LogP contribution is 2.21. The van der Waals surface area contributed by atoms with Gasteiger partial charge in [-0.25, -0.2) is 0 Å². The Balaban J connectivity index is 1.65. The predicted molar refractivity (Wildman–Crippen MR) is 92.2 cm³/mol. The number of rotatable bonds is 3. The van der Waals surface area contributed by atoms with Gasteiger partial charge in [0.05, 0.1) is 0 Å². The number of nitrogens with one attached hydrogen (secondary N) is 2. The molecule has 2 saturated heterocycles. The van der Waals surface area contributed by atoms with E-state index < -0.39 is 0 Å². The summed E-state index contributed by atoms with van der Waals surface area (Å²) in [5.41, 5.74) is 0.632. The maximum atomic E-state index is 12.7. The number of nitrogens with zero attached hydrogens (tertiary/aromatic N) is 1. The SMILES string of the molecule is O=C(N[C@H]1CCCNC1)C1CCCN1C(=O)c1ccc(Br)cc1. The van der Waals surface area contributed by atoms with E-state index >= 15 is 0 Å². The number of carbonyl (C=O) groups is 2. The number of amides is 2. The van der Waals surface area contributed by atoms with Crippen LogP contribution in [-0.4, -0.2) is 48.4 Å². The van der Waals surface area contributed by atoms with Gasteiger partial charge in [-0.05, 0) is 56.5 Å². The van der Waals surface area contributed by atoms with E-state index in [0.717, 1.165) is 43.2 Å². The van der Waals surface area contributed by atoms with Gasteiger partial charge < -0.3 is 15.5 Å². The fourth-order valence-electron chi connectivity index (χ4n) is 3.31. The molecule has 6 heteroatoms. The van der Waals surface area contributed by atoms with Gasteiger partial charge in [-0.1, -0.05) is 15.9 Å². The first kappa shape index (κ1) is 16.5. The highest BCUT2D eigenvalue weighted by Gasteiger charge is 2.35. The van der Waals surface area contributed by atoms with Crippen molar-refractivity contribution >= 4 is 27.7 Å². The van der Waals surface area contributed by atoms with Crippen molar-refractivity contribution < 1.29 is 9.59 Å². The van der Waals surface area contributed by atoms with Crippen LogP contribution in [0.5, 0.6) is 0 Å². The van der Waals surface area contributed by atoms with Gasteiger partial charge in [0, 0.05) is 29.2 Å². The highest BCUT2D eigenvalue weighted by atomic mass is 79.9. The summed E-state index contributed by atoms with van der Waals surface area (Å²) in [6.07, 6.45) is 3.71. The molecule has 2 aliphatic heterocycles. The van der Waals surface area contributed by atoms with E-state index in [1.54, 1.807) is 17.0 Å². The van der Waals surface area contributed by atoms with Gasteiger partial charge in [-0.15, -0.1) is 0 Å². The molecule has 2 atom stereocenters. The van der Waals surface area contributed by atoms with E-state index in [9.17, 15) is 9.59 Å². The Bertz CT molecular complexity index is 570. The minimum absolute atomic E-state index is 0.0124. The van der Waals surface area contributed by atoms with Gasteiger partial charge in [-0.3, -0.25) is 9.59 Å². The minimum Gasteiger partial charge on any atom is -0.350 e. The molecule has 124 valence electrons. The standard InChI is InChI=1S/C17H22BrN3O2/c18-13-7-5-12(6-8-13)17(23)21-10-2-4-15(21)16(22)20-14-3-1-9-19-11-14/h5-8,14-15,19H,1-4,9-11H2,(H,20,22)/t14-,15?/m0/s1. The molecule has 1 aromatic rings. The van der Waals surface area contributed by atoms with Crippen LogP contribution in [0.3, 0.4) is 0 Å². The molecule has 2 aliphatic rings. The zero-order valence-corrected chi connectivity index (χ0v) is 14.6. The number of hydrogen-bond acceptors (Lipinski definition) is 3.